The molecule has 5 heteroatoms. The Bertz CT molecular complexity index is 489. The minimum atomic E-state index is -0.492. The average Bonchev–Trinajstić information content (AvgIpc) is 2.50. The molecule has 0 aromatic heterocycles. The number of carbonyl (C=O) groups excluding carboxylic acids is 1. The van der Waals surface area contributed by atoms with Gasteiger partial charge in [-0.15, -0.1) is 0 Å². The SMILES string of the molecule is CCCN(CC1CCNCC1)C(=O)c1ccc(F)c(Cl)c1. The highest BCUT2D eigenvalue weighted by Gasteiger charge is 2.21. The highest BCUT2D eigenvalue weighted by molar-refractivity contribution is 6.31. The molecule has 2 rings (SSSR count). The van der Waals surface area contributed by atoms with Crippen LogP contribution in [-0.4, -0.2) is 37.0 Å². The molecule has 1 heterocycles. The lowest BCUT2D eigenvalue weighted by Crippen LogP contribution is -2.39. The Morgan fingerprint density at radius 3 is 2.76 bits per heavy atom. The van der Waals surface area contributed by atoms with Crippen LogP contribution in [0.25, 0.3) is 0 Å². The predicted octanol–water partition coefficient (Wildman–Crippen LogP) is 3.33. The van der Waals surface area contributed by atoms with Gasteiger partial charge < -0.3 is 10.2 Å². The first-order valence-electron chi connectivity index (χ1n) is 7.57. The zero-order chi connectivity index (χ0) is 15.2. The van der Waals surface area contributed by atoms with Gasteiger partial charge in [-0.25, -0.2) is 4.39 Å². The molecule has 1 aromatic carbocycles. The lowest BCUT2D eigenvalue weighted by Gasteiger charge is -2.30. The number of rotatable bonds is 5. The monoisotopic (exact) mass is 312 g/mol. The Kier molecular flexibility index (Phi) is 6.00. The second-order valence-corrected chi connectivity index (χ2v) is 5.98. The van der Waals surface area contributed by atoms with Gasteiger partial charge in [0.25, 0.3) is 5.91 Å². The number of hydrogen-bond donors (Lipinski definition) is 1. The largest absolute Gasteiger partial charge is 0.338 e. The highest BCUT2D eigenvalue weighted by Crippen LogP contribution is 2.19. The molecule has 0 saturated carbocycles. The van der Waals surface area contributed by atoms with Crippen LogP contribution >= 0.6 is 11.6 Å². The van der Waals surface area contributed by atoms with Gasteiger partial charge in [0.1, 0.15) is 5.82 Å². The van der Waals surface area contributed by atoms with Gasteiger partial charge in [-0.05, 0) is 56.5 Å². The lowest BCUT2D eigenvalue weighted by atomic mass is 9.97. The molecule has 1 aliphatic rings. The van der Waals surface area contributed by atoms with Crippen molar-refractivity contribution < 1.29 is 9.18 Å². The summed E-state index contributed by atoms with van der Waals surface area (Å²) >= 11 is 5.78. The second kappa shape index (κ2) is 7.76. The van der Waals surface area contributed by atoms with Crippen molar-refractivity contribution in [2.24, 2.45) is 5.92 Å². The van der Waals surface area contributed by atoms with Gasteiger partial charge in [-0.1, -0.05) is 18.5 Å². The Morgan fingerprint density at radius 2 is 2.14 bits per heavy atom. The van der Waals surface area contributed by atoms with Crippen LogP contribution in [0, 0.1) is 11.7 Å². The van der Waals surface area contributed by atoms with Gasteiger partial charge in [0.05, 0.1) is 5.02 Å². The molecule has 0 bridgehead atoms. The van der Waals surface area contributed by atoms with Crippen molar-refractivity contribution in [1.29, 1.82) is 0 Å². The summed E-state index contributed by atoms with van der Waals surface area (Å²) in [6, 6.07) is 4.18. The maximum Gasteiger partial charge on any atom is 0.253 e. The van der Waals surface area contributed by atoms with Crippen LogP contribution in [0.2, 0.25) is 5.02 Å². The van der Waals surface area contributed by atoms with Gasteiger partial charge in [-0.3, -0.25) is 4.79 Å². The van der Waals surface area contributed by atoms with E-state index < -0.39 is 5.82 Å². The van der Waals surface area contributed by atoms with E-state index in [9.17, 15) is 9.18 Å². The van der Waals surface area contributed by atoms with Gasteiger partial charge in [-0.2, -0.15) is 0 Å². The van der Waals surface area contributed by atoms with Crippen molar-refractivity contribution in [3.8, 4) is 0 Å². The van der Waals surface area contributed by atoms with Gasteiger partial charge in [0, 0.05) is 18.7 Å². The first-order chi connectivity index (χ1) is 10.1. The van der Waals surface area contributed by atoms with Gasteiger partial charge in [0.15, 0.2) is 0 Å². The molecule has 1 saturated heterocycles. The van der Waals surface area contributed by atoms with E-state index in [1.807, 2.05) is 4.90 Å². The smallest absolute Gasteiger partial charge is 0.253 e. The van der Waals surface area contributed by atoms with Crippen LogP contribution in [0.5, 0.6) is 0 Å². The summed E-state index contributed by atoms with van der Waals surface area (Å²) in [5, 5.41) is 3.33. The van der Waals surface area contributed by atoms with Crippen molar-refractivity contribution in [2.45, 2.75) is 26.2 Å². The molecule has 1 fully saturated rings. The number of halogens is 2. The first-order valence-corrected chi connectivity index (χ1v) is 7.94. The van der Waals surface area contributed by atoms with Crippen LogP contribution in [0.15, 0.2) is 18.2 Å². The highest BCUT2D eigenvalue weighted by atomic mass is 35.5. The third-order valence-electron chi connectivity index (χ3n) is 3.88. The molecular formula is C16H22ClFN2O. The molecule has 1 aromatic rings. The van der Waals surface area contributed by atoms with E-state index in [1.165, 1.54) is 18.2 Å². The van der Waals surface area contributed by atoms with Crippen LogP contribution < -0.4 is 5.32 Å². The molecule has 1 amide bonds. The fourth-order valence-electron chi connectivity index (χ4n) is 2.73. The standard InChI is InChI=1S/C16H22ClFN2O/c1-2-9-20(11-12-5-7-19-8-6-12)16(21)13-3-4-15(18)14(17)10-13/h3-4,10,12,19H,2,5-9,11H2,1H3. The predicted molar refractivity (Wildman–Crippen MR) is 83.2 cm³/mol. The summed E-state index contributed by atoms with van der Waals surface area (Å²) in [7, 11) is 0. The molecule has 1 N–H and O–H groups in total. The summed E-state index contributed by atoms with van der Waals surface area (Å²) < 4.78 is 13.2. The maximum atomic E-state index is 13.2. The summed E-state index contributed by atoms with van der Waals surface area (Å²) in [4.78, 5) is 14.5. The molecule has 0 unspecified atom stereocenters. The van der Waals surface area contributed by atoms with E-state index in [2.05, 4.69) is 12.2 Å². The van der Waals surface area contributed by atoms with Crippen LogP contribution in [0.1, 0.15) is 36.5 Å². The van der Waals surface area contributed by atoms with E-state index in [0.29, 0.717) is 11.5 Å². The molecule has 0 radical (unpaired) electrons. The van der Waals surface area contributed by atoms with Gasteiger partial charge in [0.2, 0.25) is 0 Å². The molecular weight excluding hydrogens is 291 g/mol. The zero-order valence-corrected chi connectivity index (χ0v) is 13.1. The van der Waals surface area contributed by atoms with E-state index in [-0.39, 0.29) is 10.9 Å². The second-order valence-electron chi connectivity index (χ2n) is 5.57. The zero-order valence-electron chi connectivity index (χ0n) is 12.4. The Morgan fingerprint density at radius 1 is 1.43 bits per heavy atom. The Labute approximate surface area is 130 Å². The fourth-order valence-corrected chi connectivity index (χ4v) is 2.91. The summed E-state index contributed by atoms with van der Waals surface area (Å²) in [6.07, 6.45) is 3.10. The molecule has 1 aliphatic heterocycles. The topological polar surface area (TPSA) is 32.3 Å². The molecule has 0 aliphatic carbocycles. The van der Waals surface area contributed by atoms with Crippen LogP contribution in [0.4, 0.5) is 4.39 Å². The van der Waals surface area contributed by atoms with Crippen molar-refractivity contribution in [1.82, 2.24) is 10.2 Å². The number of benzene rings is 1. The molecule has 21 heavy (non-hydrogen) atoms. The molecule has 0 atom stereocenters. The molecule has 116 valence electrons. The Balaban J connectivity index is 2.08. The van der Waals surface area contributed by atoms with E-state index in [1.54, 1.807) is 0 Å². The lowest BCUT2D eigenvalue weighted by molar-refractivity contribution is 0.0716. The third-order valence-corrected chi connectivity index (χ3v) is 4.17. The molecule has 3 nitrogen and oxygen atoms in total. The minimum absolute atomic E-state index is 0.000773. The first kappa shape index (κ1) is 16.2. The average molecular weight is 313 g/mol. The van der Waals surface area contributed by atoms with Crippen LogP contribution in [-0.2, 0) is 0 Å². The summed E-state index contributed by atoms with van der Waals surface area (Å²) in [5.74, 6) is -0.0106. The van der Waals surface area contributed by atoms with Crippen molar-refractivity contribution in [3.05, 3.63) is 34.6 Å². The summed E-state index contributed by atoms with van der Waals surface area (Å²) in [6.45, 7) is 5.57. The Hall–Kier alpha value is -1.13. The quantitative estimate of drug-likeness (QED) is 0.904. The number of hydrogen-bond acceptors (Lipinski definition) is 2. The van der Waals surface area contributed by atoms with Crippen molar-refractivity contribution >= 4 is 17.5 Å². The van der Waals surface area contributed by atoms with Gasteiger partial charge >= 0.3 is 0 Å². The number of nitrogens with zero attached hydrogens (tertiary/aromatic N) is 1. The van der Waals surface area contributed by atoms with Crippen LogP contribution in [0.3, 0.4) is 0 Å². The van der Waals surface area contributed by atoms with Crippen molar-refractivity contribution in [2.75, 3.05) is 26.2 Å². The normalized spacial score (nSPS) is 16.0. The number of piperidine rings is 1. The minimum Gasteiger partial charge on any atom is -0.338 e. The van der Waals surface area contributed by atoms with E-state index in [0.717, 1.165) is 45.4 Å². The van der Waals surface area contributed by atoms with Crippen molar-refractivity contribution in [3.63, 3.8) is 0 Å². The fraction of sp³-hybridized carbons (Fsp3) is 0.562. The number of nitrogens with one attached hydrogen (secondary N) is 1. The summed E-state index contributed by atoms with van der Waals surface area (Å²) in [5.41, 5.74) is 0.462. The number of carbonyl (C=O) groups is 1. The molecule has 0 spiro atoms. The van der Waals surface area contributed by atoms with E-state index in [4.69, 9.17) is 11.6 Å². The number of amides is 1. The maximum absolute atomic E-state index is 13.2. The van der Waals surface area contributed by atoms with E-state index >= 15 is 0 Å². The third kappa shape index (κ3) is 4.42.